The Morgan fingerprint density at radius 1 is 1.29 bits per heavy atom. The van der Waals surface area contributed by atoms with Gasteiger partial charge in [-0.05, 0) is 37.8 Å². The van der Waals surface area contributed by atoms with Crippen LogP contribution in [0.4, 0.5) is 10.1 Å². The number of halogens is 1. The molecule has 0 unspecified atom stereocenters. The van der Waals surface area contributed by atoms with E-state index < -0.39 is 0 Å². The number of hydrogen-bond acceptors (Lipinski definition) is 5. The second-order valence-corrected chi connectivity index (χ2v) is 6.11. The molecule has 2 aromatic rings. The summed E-state index contributed by atoms with van der Waals surface area (Å²) in [4.78, 5) is 21.2. The van der Waals surface area contributed by atoms with Gasteiger partial charge in [0.25, 0.3) is 6.29 Å². The summed E-state index contributed by atoms with van der Waals surface area (Å²) in [6.45, 7) is 3.19. The largest absolute Gasteiger partial charge is 0.504 e. The van der Waals surface area contributed by atoms with Crippen molar-refractivity contribution in [2.45, 2.75) is 26.2 Å². The highest BCUT2D eigenvalue weighted by atomic mass is 19.1. The first-order chi connectivity index (χ1) is 11.6. The van der Waals surface area contributed by atoms with Crippen LogP contribution in [-0.4, -0.2) is 34.5 Å². The fraction of sp³-hybridized carbons (Fsp3) is 0.389. The molecule has 0 atom stereocenters. The molecule has 0 saturated carbocycles. The Labute approximate surface area is 140 Å². The van der Waals surface area contributed by atoms with Gasteiger partial charge in [-0.15, -0.1) is 0 Å². The Balaban J connectivity index is 1.65. The van der Waals surface area contributed by atoms with E-state index in [0.717, 1.165) is 25.9 Å². The minimum Gasteiger partial charge on any atom is -0.504 e. The Bertz CT molecular complexity index is 743. The van der Waals surface area contributed by atoms with Crippen molar-refractivity contribution in [3.05, 3.63) is 47.3 Å². The Hall–Kier alpha value is -2.50. The van der Waals surface area contributed by atoms with Crippen molar-refractivity contribution in [3.8, 4) is 5.75 Å². The lowest BCUT2D eigenvalue weighted by molar-refractivity contribution is 0.392. The van der Waals surface area contributed by atoms with Crippen molar-refractivity contribution in [2.75, 3.05) is 18.0 Å². The quantitative estimate of drug-likeness (QED) is 0.934. The number of piperidine rings is 1. The predicted molar refractivity (Wildman–Crippen MR) is 88.3 cm³/mol. The maximum absolute atomic E-state index is 13.9. The number of hydrogen-bond donors (Lipinski definition) is 1. The second-order valence-electron chi connectivity index (χ2n) is 6.11. The van der Waals surface area contributed by atoms with Crippen molar-refractivity contribution < 1.29 is 14.3 Å². The van der Waals surface area contributed by atoms with E-state index in [-0.39, 0.29) is 17.3 Å². The van der Waals surface area contributed by atoms with Crippen LogP contribution in [0, 0.1) is 18.7 Å². The van der Waals surface area contributed by atoms with E-state index in [1.165, 1.54) is 6.07 Å². The van der Waals surface area contributed by atoms with Crippen LogP contribution < -0.4 is 4.90 Å². The molecule has 1 radical (unpaired) electrons. The number of aryl methyl sites for hydroxylation is 1. The van der Waals surface area contributed by atoms with Gasteiger partial charge in [-0.2, -0.15) is 0 Å². The van der Waals surface area contributed by atoms with Crippen molar-refractivity contribution in [3.63, 3.8) is 0 Å². The predicted octanol–water partition coefficient (Wildman–Crippen LogP) is 2.55. The third-order valence-electron chi connectivity index (χ3n) is 4.48. The lowest BCUT2D eigenvalue weighted by atomic mass is 9.92. The van der Waals surface area contributed by atoms with E-state index in [0.29, 0.717) is 29.5 Å². The van der Waals surface area contributed by atoms with Crippen LogP contribution >= 0.6 is 0 Å². The van der Waals surface area contributed by atoms with Gasteiger partial charge in [0.1, 0.15) is 11.6 Å². The standard InChI is InChI=1S/C18H19FN3O2/c1-12-18(24)15(11-23)21-17(20-12)10-13-6-8-22(9-7-13)16-5-3-2-4-14(16)19/h2-5,13,24H,6-10H2,1H3. The Morgan fingerprint density at radius 2 is 2.00 bits per heavy atom. The summed E-state index contributed by atoms with van der Waals surface area (Å²) in [6, 6.07) is 6.81. The zero-order valence-corrected chi connectivity index (χ0v) is 13.5. The number of rotatable bonds is 4. The third-order valence-corrected chi connectivity index (χ3v) is 4.48. The van der Waals surface area contributed by atoms with E-state index in [4.69, 9.17) is 0 Å². The van der Waals surface area contributed by atoms with E-state index in [9.17, 15) is 14.3 Å². The molecule has 0 bridgehead atoms. The average molecular weight is 328 g/mol. The van der Waals surface area contributed by atoms with Crippen LogP contribution in [0.5, 0.6) is 5.75 Å². The zero-order valence-electron chi connectivity index (χ0n) is 13.5. The first-order valence-electron chi connectivity index (χ1n) is 8.02. The highest BCUT2D eigenvalue weighted by Crippen LogP contribution is 2.27. The number of carbonyl (C=O) groups excluding carboxylic acids is 1. The molecule has 3 rings (SSSR count). The molecule has 6 heteroatoms. The molecule has 1 aliphatic heterocycles. The molecule has 2 heterocycles. The molecule has 1 aromatic carbocycles. The molecule has 1 N–H and O–H groups in total. The van der Waals surface area contributed by atoms with Crippen molar-refractivity contribution in [1.29, 1.82) is 0 Å². The number of anilines is 1. The molecule has 1 aromatic heterocycles. The number of nitrogens with zero attached hydrogens (tertiary/aromatic N) is 3. The van der Waals surface area contributed by atoms with Gasteiger partial charge in [0.15, 0.2) is 11.4 Å². The van der Waals surface area contributed by atoms with E-state index in [1.54, 1.807) is 25.3 Å². The van der Waals surface area contributed by atoms with Crippen LogP contribution in [0.3, 0.4) is 0 Å². The summed E-state index contributed by atoms with van der Waals surface area (Å²) in [6.07, 6.45) is 4.09. The van der Waals surface area contributed by atoms with Gasteiger partial charge in [0.05, 0.1) is 11.4 Å². The van der Waals surface area contributed by atoms with Gasteiger partial charge in [-0.3, -0.25) is 4.79 Å². The smallest absolute Gasteiger partial charge is 0.257 e. The van der Waals surface area contributed by atoms with Crippen molar-refractivity contribution >= 4 is 12.0 Å². The van der Waals surface area contributed by atoms with E-state index >= 15 is 0 Å². The first kappa shape index (κ1) is 16.4. The monoisotopic (exact) mass is 328 g/mol. The van der Waals surface area contributed by atoms with Crippen molar-refractivity contribution in [2.24, 2.45) is 5.92 Å². The molecule has 1 fully saturated rings. The molecule has 1 saturated heterocycles. The number of aromatic hydroxyl groups is 1. The number of benzene rings is 1. The highest BCUT2D eigenvalue weighted by Gasteiger charge is 2.23. The minimum absolute atomic E-state index is 0.0821. The highest BCUT2D eigenvalue weighted by molar-refractivity contribution is 5.76. The molecule has 24 heavy (non-hydrogen) atoms. The summed E-state index contributed by atoms with van der Waals surface area (Å²) >= 11 is 0. The van der Waals surface area contributed by atoms with Crippen LogP contribution in [0.25, 0.3) is 0 Å². The summed E-state index contributed by atoms with van der Waals surface area (Å²) in [5, 5.41) is 9.68. The van der Waals surface area contributed by atoms with Crippen molar-refractivity contribution in [1.82, 2.24) is 9.97 Å². The zero-order chi connectivity index (χ0) is 17.1. The van der Waals surface area contributed by atoms with Crippen LogP contribution in [0.1, 0.15) is 30.1 Å². The fourth-order valence-electron chi connectivity index (χ4n) is 3.13. The van der Waals surface area contributed by atoms with E-state index in [1.807, 2.05) is 6.07 Å². The second kappa shape index (κ2) is 6.95. The van der Waals surface area contributed by atoms with Gasteiger partial charge < -0.3 is 10.0 Å². The maximum atomic E-state index is 13.9. The summed E-state index contributed by atoms with van der Waals surface area (Å²) in [7, 11) is 0. The molecule has 5 nitrogen and oxygen atoms in total. The molecule has 0 spiro atoms. The first-order valence-corrected chi connectivity index (χ1v) is 8.02. The Morgan fingerprint density at radius 3 is 2.67 bits per heavy atom. The van der Waals surface area contributed by atoms with Gasteiger partial charge in [0.2, 0.25) is 0 Å². The van der Waals surface area contributed by atoms with Gasteiger partial charge in [0, 0.05) is 19.5 Å². The number of aromatic nitrogens is 2. The summed E-state index contributed by atoms with van der Waals surface area (Å²) < 4.78 is 13.9. The normalized spacial score (nSPS) is 15.5. The fourth-order valence-corrected chi connectivity index (χ4v) is 3.13. The van der Waals surface area contributed by atoms with Crippen LogP contribution in [-0.2, 0) is 11.2 Å². The van der Waals surface area contributed by atoms with Gasteiger partial charge >= 0.3 is 0 Å². The average Bonchev–Trinajstić information content (AvgIpc) is 2.59. The number of para-hydroxylation sites is 1. The molecule has 0 aliphatic carbocycles. The molecule has 0 amide bonds. The SMILES string of the molecule is Cc1nc(CC2CCN(c3ccccc3F)CC2)nc([C]=O)c1O. The minimum atomic E-state index is -0.205. The van der Waals surface area contributed by atoms with Crippen LogP contribution in [0.2, 0.25) is 0 Å². The lowest BCUT2D eigenvalue weighted by Crippen LogP contribution is -2.35. The third kappa shape index (κ3) is 3.37. The maximum Gasteiger partial charge on any atom is 0.257 e. The Kier molecular flexibility index (Phi) is 4.74. The van der Waals surface area contributed by atoms with Crippen LogP contribution in [0.15, 0.2) is 24.3 Å². The molecule has 125 valence electrons. The van der Waals surface area contributed by atoms with Gasteiger partial charge in [-0.1, -0.05) is 12.1 Å². The van der Waals surface area contributed by atoms with Gasteiger partial charge in [-0.25, -0.2) is 14.4 Å². The lowest BCUT2D eigenvalue weighted by Gasteiger charge is -2.33. The summed E-state index contributed by atoms with van der Waals surface area (Å²) in [5.74, 6) is 0.521. The topological polar surface area (TPSA) is 66.3 Å². The molecular weight excluding hydrogens is 309 g/mol. The molecule has 1 aliphatic rings. The summed E-state index contributed by atoms with van der Waals surface area (Å²) in [5.41, 5.74) is 0.953. The van der Waals surface area contributed by atoms with E-state index in [2.05, 4.69) is 14.9 Å². The molecular formula is C18H19FN3O2.